The summed E-state index contributed by atoms with van der Waals surface area (Å²) in [6.07, 6.45) is 5.90. The van der Waals surface area contributed by atoms with E-state index in [1.807, 2.05) is 12.2 Å². The lowest BCUT2D eigenvalue weighted by Crippen LogP contribution is -2.08. The zero-order valence-corrected chi connectivity index (χ0v) is 7.05. The fraction of sp³-hybridized carbons (Fsp3) is 0.333. The first-order valence-corrected chi connectivity index (χ1v) is 4.39. The van der Waals surface area contributed by atoms with Crippen LogP contribution < -0.4 is 5.14 Å². The molecule has 0 spiro atoms. The zero-order valence-electron chi connectivity index (χ0n) is 6.23. The summed E-state index contributed by atoms with van der Waals surface area (Å²) in [4.78, 5) is 0. The highest BCUT2D eigenvalue weighted by molar-refractivity contribution is 7.83. The summed E-state index contributed by atoms with van der Waals surface area (Å²) in [5.74, 6) is 0. The van der Waals surface area contributed by atoms with E-state index >= 15 is 0 Å². The zero-order chi connectivity index (χ0) is 9.33. The number of allylic oxidation sites excluding steroid dienone is 2. The summed E-state index contributed by atoms with van der Waals surface area (Å²) in [5.41, 5.74) is 0. The van der Waals surface area contributed by atoms with E-state index in [4.69, 9.17) is 13.0 Å². The topological polar surface area (TPSA) is 80.4 Å². The van der Waals surface area contributed by atoms with Crippen molar-refractivity contribution in [3.8, 4) is 0 Å². The maximum absolute atomic E-state index is 8.97. The highest BCUT2D eigenvalue weighted by Crippen LogP contribution is 1.86. The molecule has 11 heavy (non-hydrogen) atoms. The number of rotatable bonds is 3. The van der Waals surface area contributed by atoms with Crippen molar-refractivity contribution in [2.75, 3.05) is 0 Å². The summed E-state index contributed by atoms with van der Waals surface area (Å²) in [7, 11) is -4.17. The van der Waals surface area contributed by atoms with Crippen LogP contribution in [0.1, 0.15) is 12.8 Å². The third-order valence-electron chi connectivity index (χ3n) is 0.575. The molecule has 0 radical (unpaired) electrons. The summed E-state index contributed by atoms with van der Waals surface area (Å²) in [6.45, 7) is 7.10. The summed E-state index contributed by atoms with van der Waals surface area (Å²) < 4.78 is 25.2. The van der Waals surface area contributed by atoms with Gasteiger partial charge in [0, 0.05) is 0 Å². The fourth-order valence-electron chi connectivity index (χ4n) is 0.236. The lowest BCUT2D eigenvalue weighted by Gasteiger charge is -1.76. The Labute approximate surface area is 67.3 Å². The van der Waals surface area contributed by atoms with Crippen LogP contribution in [0.4, 0.5) is 0 Å². The third kappa shape index (κ3) is 91.5. The molecule has 0 heterocycles. The minimum absolute atomic E-state index is 1.06. The summed E-state index contributed by atoms with van der Waals surface area (Å²) in [5, 5.41) is 3.88. The van der Waals surface area contributed by atoms with Crippen LogP contribution >= 0.6 is 0 Å². The lowest BCUT2D eigenvalue weighted by atomic mass is 10.3. The van der Waals surface area contributed by atoms with Gasteiger partial charge < -0.3 is 0 Å². The molecule has 0 atom stereocenters. The molecule has 0 aliphatic rings. The maximum atomic E-state index is 8.97. The molecule has 0 rings (SSSR count). The maximum Gasteiger partial charge on any atom is 0.330 e. The molecule has 0 saturated heterocycles. The van der Waals surface area contributed by atoms with Crippen molar-refractivity contribution in [2.24, 2.45) is 5.14 Å². The van der Waals surface area contributed by atoms with E-state index in [1.165, 1.54) is 0 Å². The first-order chi connectivity index (χ1) is 4.91. The Bertz CT molecular complexity index is 180. The second-order valence-electron chi connectivity index (χ2n) is 1.67. The third-order valence-corrected chi connectivity index (χ3v) is 0.575. The van der Waals surface area contributed by atoms with E-state index in [0.717, 1.165) is 12.8 Å². The Morgan fingerprint density at radius 1 is 1.27 bits per heavy atom. The van der Waals surface area contributed by atoms with Gasteiger partial charge in [-0.25, -0.2) is 5.14 Å². The van der Waals surface area contributed by atoms with Crippen LogP contribution in [0.3, 0.4) is 0 Å². The quantitative estimate of drug-likeness (QED) is 0.383. The molecular formula is C6H13NO3S. The van der Waals surface area contributed by atoms with Gasteiger partial charge >= 0.3 is 10.3 Å². The van der Waals surface area contributed by atoms with Gasteiger partial charge in [-0.15, -0.1) is 13.2 Å². The molecule has 0 fully saturated rings. The number of unbranched alkanes of at least 4 members (excludes halogenated alkanes) is 1. The van der Waals surface area contributed by atoms with Crippen molar-refractivity contribution >= 4 is 10.3 Å². The van der Waals surface area contributed by atoms with Crippen LogP contribution in [0, 0.1) is 0 Å². The second-order valence-corrected chi connectivity index (χ2v) is 2.70. The highest BCUT2D eigenvalue weighted by atomic mass is 32.2. The SMILES string of the molecule is C=CCCC=C.NS(=O)(=O)O. The van der Waals surface area contributed by atoms with E-state index in [-0.39, 0.29) is 0 Å². The van der Waals surface area contributed by atoms with Gasteiger partial charge in [0.05, 0.1) is 0 Å². The van der Waals surface area contributed by atoms with Gasteiger partial charge in [-0.05, 0) is 12.8 Å². The molecule has 66 valence electrons. The molecule has 0 aromatic carbocycles. The van der Waals surface area contributed by atoms with Gasteiger partial charge in [-0.3, -0.25) is 4.55 Å². The predicted octanol–water partition coefficient (Wildman–Crippen LogP) is 0.887. The molecule has 0 saturated carbocycles. The molecule has 0 unspecified atom stereocenters. The molecule has 4 nitrogen and oxygen atoms in total. The van der Waals surface area contributed by atoms with Gasteiger partial charge in [0.15, 0.2) is 0 Å². The lowest BCUT2D eigenvalue weighted by molar-refractivity contribution is 0.485. The largest absolute Gasteiger partial charge is 0.330 e. The molecule has 0 aromatic heterocycles. The number of nitrogens with two attached hydrogens (primary N) is 1. The van der Waals surface area contributed by atoms with Crippen molar-refractivity contribution in [1.29, 1.82) is 0 Å². The van der Waals surface area contributed by atoms with Crippen molar-refractivity contribution in [3.05, 3.63) is 25.3 Å². The molecule has 3 N–H and O–H groups in total. The standard InChI is InChI=1S/C6H10.H3NO3S/c1-3-5-6-4-2;1-5(2,3)4/h3-4H,1-2,5-6H2;(H3,1,2,3,4). The van der Waals surface area contributed by atoms with Crippen LogP contribution in [0.25, 0.3) is 0 Å². The van der Waals surface area contributed by atoms with Crippen LogP contribution in [0.2, 0.25) is 0 Å². The summed E-state index contributed by atoms with van der Waals surface area (Å²) in [6, 6.07) is 0. The normalized spacial score (nSPS) is 9.27. The Kier molecular flexibility index (Phi) is 8.80. The molecule has 0 amide bonds. The Balaban J connectivity index is 0. The molecule has 0 aromatic rings. The monoisotopic (exact) mass is 179 g/mol. The number of hydrogen-bond acceptors (Lipinski definition) is 2. The first-order valence-electron chi connectivity index (χ1n) is 2.88. The first kappa shape index (κ1) is 13.0. The van der Waals surface area contributed by atoms with Crippen molar-refractivity contribution in [2.45, 2.75) is 12.8 Å². The van der Waals surface area contributed by atoms with Crippen molar-refractivity contribution < 1.29 is 13.0 Å². The van der Waals surface area contributed by atoms with E-state index < -0.39 is 10.3 Å². The second kappa shape index (κ2) is 7.46. The van der Waals surface area contributed by atoms with E-state index in [2.05, 4.69) is 18.3 Å². The van der Waals surface area contributed by atoms with E-state index in [0.29, 0.717) is 0 Å². The minimum Gasteiger partial charge on any atom is -0.274 e. The minimum atomic E-state index is -4.17. The molecule has 0 bridgehead atoms. The Morgan fingerprint density at radius 2 is 1.45 bits per heavy atom. The van der Waals surface area contributed by atoms with Gasteiger partial charge in [0.25, 0.3) is 0 Å². The van der Waals surface area contributed by atoms with Gasteiger partial charge in [0.2, 0.25) is 0 Å². The van der Waals surface area contributed by atoms with Crippen LogP contribution in [-0.2, 0) is 10.3 Å². The molecule has 0 aliphatic heterocycles. The molecule has 5 heteroatoms. The van der Waals surface area contributed by atoms with Gasteiger partial charge in [-0.2, -0.15) is 8.42 Å². The average Bonchev–Trinajstić information content (AvgIpc) is 1.79. The van der Waals surface area contributed by atoms with Crippen LogP contribution in [0.15, 0.2) is 25.3 Å². The van der Waals surface area contributed by atoms with Crippen molar-refractivity contribution in [1.82, 2.24) is 0 Å². The fourth-order valence-corrected chi connectivity index (χ4v) is 0.236. The highest BCUT2D eigenvalue weighted by Gasteiger charge is 1.81. The molecule has 0 aliphatic carbocycles. The Morgan fingerprint density at radius 3 is 1.55 bits per heavy atom. The van der Waals surface area contributed by atoms with Crippen LogP contribution in [-0.4, -0.2) is 13.0 Å². The van der Waals surface area contributed by atoms with Gasteiger partial charge in [-0.1, -0.05) is 12.2 Å². The summed E-state index contributed by atoms with van der Waals surface area (Å²) >= 11 is 0. The average molecular weight is 179 g/mol. The van der Waals surface area contributed by atoms with Crippen molar-refractivity contribution in [3.63, 3.8) is 0 Å². The van der Waals surface area contributed by atoms with Gasteiger partial charge in [0.1, 0.15) is 0 Å². The number of hydrogen-bond donors (Lipinski definition) is 2. The van der Waals surface area contributed by atoms with E-state index in [1.54, 1.807) is 0 Å². The Hall–Kier alpha value is -0.650. The smallest absolute Gasteiger partial charge is 0.274 e. The van der Waals surface area contributed by atoms with E-state index in [9.17, 15) is 0 Å². The molecular weight excluding hydrogens is 166 g/mol. The predicted molar refractivity (Wildman–Crippen MR) is 45.4 cm³/mol. The van der Waals surface area contributed by atoms with Crippen LogP contribution in [0.5, 0.6) is 0 Å².